The number of hydrogen-bond donors (Lipinski definition) is 2. The number of carboxylic acid groups (broad SMARTS) is 1. The van der Waals surface area contributed by atoms with Crippen LogP contribution in [0.1, 0.15) is 13.3 Å². The predicted molar refractivity (Wildman–Crippen MR) is 68.1 cm³/mol. The van der Waals surface area contributed by atoms with Crippen LogP contribution < -0.4 is 5.32 Å². The van der Waals surface area contributed by atoms with Crippen LogP contribution in [-0.2, 0) is 19.1 Å². The molecule has 2 amide bonds. The highest BCUT2D eigenvalue weighted by molar-refractivity contribution is 5.77. The number of aliphatic carboxylic acids is 1. The van der Waals surface area contributed by atoms with Crippen molar-refractivity contribution >= 4 is 18.0 Å². The number of amides is 2. The quantitative estimate of drug-likeness (QED) is 0.649. The van der Waals surface area contributed by atoms with Crippen LogP contribution in [0.2, 0.25) is 0 Å². The Hall–Kier alpha value is -1.83. The molecule has 0 aromatic heterocycles. The highest BCUT2D eigenvalue weighted by Crippen LogP contribution is 2.14. The van der Waals surface area contributed by atoms with Gasteiger partial charge in [0.1, 0.15) is 5.92 Å². The van der Waals surface area contributed by atoms with Crippen molar-refractivity contribution in [3.05, 3.63) is 0 Å². The van der Waals surface area contributed by atoms with Gasteiger partial charge in [0, 0.05) is 13.6 Å². The molecule has 0 radical (unpaired) electrons. The number of nitrogens with zero attached hydrogens (tertiary/aromatic N) is 1. The molecule has 0 aromatic carbocycles. The van der Waals surface area contributed by atoms with Gasteiger partial charge in [-0.1, -0.05) is 0 Å². The average molecular weight is 288 g/mol. The summed E-state index contributed by atoms with van der Waals surface area (Å²) in [5.74, 6) is -2.11. The molecule has 114 valence electrons. The van der Waals surface area contributed by atoms with E-state index in [4.69, 9.17) is 14.6 Å². The molecule has 1 saturated heterocycles. The van der Waals surface area contributed by atoms with E-state index in [1.165, 1.54) is 11.9 Å². The molecule has 1 heterocycles. The lowest BCUT2D eigenvalue weighted by Gasteiger charge is -2.21. The number of rotatable bonds is 6. The molecule has 2 N–H and O–H groups in total. The number of carboxylic acids is 1. The molecule has 8 nitrogen and oxygen atoms in total. The fourth-order valence-corrected chi connectivity index (χ4v) is 1.80. The number of carbonyl (C=O) groups is 3. The van der Waals surface area contributed by atoms with Crippen molar-refractivity contribution in [1.29, 1.82) is 0 Å². The van der Waals surface area contributed by atoms with Gasteiger partial charge < -0.3 is 24.8 Å². The molecule has 1 fully saturated rings. The SMILES string of the molecule is CCOC(=O)CCN(C)C(=O)NC1COCC1C(=O)O. The molecular formula is C12H20N2O6. The summed E-state index contributed by atoms with van der Waals surface area (Å²) in [5, 5.41) is 11.6. The summed E-state index contributed by atoms with van der Waals surface area (Å²) in [5.41, 5.74) is 0. The lowest BCUT2D eigenvalue weighted by atomic mass is 10.0. The van der Waals surface area contributed by atoms with Crippen LogP contribution >= 0.6 is 0 Å². The minimum absolute atomic E-state index is 0.0901. The van der Waals surface area contributed by atoms with E-state index in [1.54, 1.807) is 6.92 Å². The highest BCUT2D eigenvalue weighted by Gasteiger charge is 2.35. The summed E-state index contributed by atoms with van der Waals surface area (Å²) >= 11 is 0. The number of esters is 1. The topological polar surface area (TPSA) is 105 Å². The molecule has 1 rings (SSSR count). The lowest BCUT2D eigenvalue weighted by Crippen LogP contribution is -2.48. The third kappa shape index (κ3) is 4.69. The molecule has 2 unspecified atom stereocenters. The Morgan fingerprint density at radius 1 is 1.40 bits per heavy atom. The first-order chi connectivity index (χ1) is 9.45. The maximum Gasteiger partial charge on any atom is 0.317 e. The van der Waals surface area contributed by atoms with Gasteiger partial charge >= 0.3 is 18.0 Å². The van der Waals surface area contributed by atoms with Gasteiger partial charge in [0.05, 0.1) is 32.3 Å². The fourth-order valence-electron chi connectivity index (χ4n) is 1.80. The van der Waals surface area contributed by atoms with E-state index in [0.29, 0.717) is 6.61 Å². The zero-order chi connectivity index (χ0) is 15.1. The predicted octanol–water partition coefficient (Wildman–Crippen LogP) is -0.319. The van der Waals surface area contributed by atoms with Crippen molar-refractivity contribution in [1.82, 2.24) is 10.2 Å². The van der Waals surface area contributed by atoms with Crippen LogP contribution in [0.5, 0.6) is 0 Å². The van der Waals surface area contributed by atoms with Crippen molar-refractivity contribution in [3.63, 3.8) is 0 Å². The van der Waals surface area contributed by atoms with Gasteiger partial charge in [-0.05, 0) is 6.92 Å². The van der Waals surface area contributed by atoms with Gasteiger partial charge in [0.25, 0.3) is 0 Å². The van der Waals surface area contributed by atoms with Gasteiger partial charge in [-0.25, -0.2) is 4.79 Å². The fraction of sp³-hybridized carbons (Fsp3) is 0.750. The molecule has 0 aromatic rings. The summed E-state index contributed by atoms with van der Waals surface area (Å²) in [7, 11) is 1.53. The Kier molecular flexibility index (Phi) is 6.23. The first-order valence-corrected chi connectivity index (χ1v) is 6.43. The normalized spacial score (nSPS) is 21.3. The Morgan fingerprint density at radius 2 is 2.10 bits per heavy atom. The van der Waals surface area contributed by atoms with Crippen molar-refractivity contribution < 1.29 is 29.0 Å². The highest BCUT2D eigenvalue weighted by atomic mass is 16.5. The second kappa shape index (κ2) is 7.68. The van der Waals surface area contributed by atoms with Gasteiger partial charge in [0.15, 0.2) is 0 Å². The van der Waals surface area contributed by atoms with Crippen molar-refractivity contribution in [3.8, 4) is 0 Å². The summed E-state index contributed by atoms with van der Waals surface area (Å²) in [6.45, 7) is 2.48. The lowest BCUT2D eigenvalue weighted by molar-refractivity contribution is -0.143. The summed E-state index contributed by atoms with van der Waals surface area (Å²) < 4.78 is 9.81. The van der Waals surface area contributed by atoms with Gasteiger partial charge in [-0.3, -0.25) is 9.59 Å². The molecule has 20 heavy (non-hydrogen) atoms. The standard InChI is InChI=1S/C12H20N2O6/c1-3-20-10(15)4-5-14(2)12(18)13-9-7-19-6-8(9)11(16)17/h8-9H,3-7H2,1-2H3,(H,13,18)(H,16,17). The molecule has 0 bridgehead atoms. The number of carbonyl (C=O) groups excluding carboxylic acids is 2. The minimum Gasteiger partial charge on any atom is -0.481 e. The summed E-state index contributed by atoms with van der Waals surface area (Å²) in [4.78, 5) is 35.3. The second-order valence-corrected chi connectivity index (χ2v) is 4.51. The summed E-state index contributed by atoms with van der Waals surface area (Å²) in [6, 6.07) is -0.985. The van der Waals surface area contributed by atoms with Gasteiger partial charge in [0.2, 0.25) is 0 Å². The Bertz CT molecular complexity index is 373. The van der Waals surface area contributed by atoms with E-state index in [1.807, 2.05) is 0 Å². The van der Waals surface area contributed by atoms with Crippen LogP contribution in [0, 0.1) is 5.92 Å². The average Bonchev–Trinajstić information content (AvgIpc) is 2.84. The molecule has 8 heteroatoms. The van der Waals surface area contributed by atoms with Crippen molar-refractivity contribution in [2.24, 2.45) is 5.92 Å². The Morgan fingerprint density at radius 3 is 2.70 bits per heavy atom. The number of hydrogen-bond acceptors (Lipinski definition) is 5. The molecule has 1 aliphatic heterocycles. The van der Waals surface area contributed by atoms with E-state index in [-0.39, 0.29) is 32.1 Å². The van der Waals surface area contributed by atoms with Crippen molar-refractivity contribution in [2.75, 3.05) is 33.4 Å². The molecule has 0 saturated carbocycles. The Labute approximate surface area is 117 Å². The third-order valence-electron chi connectivity index (χ3n) is 3.01. The number of ether oxygens (including phenoxy) is 2. The maximum atomic E-state index is 11.9. The third-order valence-corrected chi connectivity index (χ3v) is 3.01. The van der Waals surface area contributed by atoms with E-state index < -0.39 is 24.0 Å². The van der Waals surface area contributed by atoms with E-state index in [0.717, 1.165) is 0 Å². The first kappa shape index (κ1) is 16.2. The van der Waals surface area contributed by atoms with Crippen LogP contribution in [0.25, 0.3) is 0 Å². The zero-order valence-electron chi connectivity index (χ0n) is 11.6. The van der Waals surface area contributed by atoms with E-state index >= 15 is 0 Å². The van der Waals surface area contributed by atoms with Crippen molar-refractivity contribution in [2.45, 2.75) is 19.4 Å². The second-order valence-electron chi connectivity index (χ2n) is 4.51. The molecule has 1 aliphatic rings. The molecule has 0 spiro atoms. The number of nitrogens with one attached hydrogen (secondary N) is 1. The minimum atomic E-state index is -0.998. The smallest absolute Gasteiger partial charge is 0.317 e. The van der Waals surface area contributed by atoms with Gasteiger partial charge in [-0.15, -0.1) is 0 Å². The Balaban J connectivity index is 2.37. The monoisotopic (exact) mass is 288 g/mol. The summed E-state index contributed by atoms with van der Waals surface area (Å²) in [6.07, 6.45) is 0.0985. The zero-order valence-corrected chi connectivity index (χ0v) is 11.6. The van der Waals surface area contributed by atoms with Crippen LogP contribution in [-0.4, -0.2) is 67.4 Å². The van der Waals surface area contributed by atoms with Gasteiger partial charge in [-0.2, -0.15) is 0 Å². The molecular weight excluding hydrogens is 268 g/mol. The van der Waals surface area contributed by atoms with Crippen LogP contribution in [0.3, 0.4) is 0 Å². The van der Waals surface area contributed by atoms with Crippen LogP contribution in [0.15, 0.2) is 0 Å². The van der Waals surface area contributed by atoms with Crippen LogP contribution in [0.4, 0.5) is 4.79 Å². The number of urea groups is 1. The largest absolute Gasteiger partial charge is 0.481 e. The molecule has 0 aliphatic carbocycles. The molecule has 2 atom stereocenters. The first-order valence-electron chi connectivity index (χ1n) is 6.43. The van der Waals surface area contributed by atoms with E-state index in [9.17, 15) is 14.4 Å². The maximum absolute atomic E-state index is 11.9. The van der Waals surface area contributed by atoms with E-state index in [2.05, 4.69) is 5.32 Å².